The molecule has 0 aliphatic heterocycles. The Hall–Kier alpha value is -0.380. The maximum absolute atomic E-state index is 10.8. The zero-order valence-corrected chi connectivity index (χ0v) is 8.18. The van der Waals surface area contributed by atoms with Gasteiger partial charge >= 0.3 is 5.97 Å². The highest BCUT2D eigenvalue weighted by Crippen LogP contribution is 2.06. The predicted octanol–water partition coefficient (Wildman–Crippen LogP) is 1.29. The standard InChI is InChI=1S/C7H11BrO3/c1-3-11-7(10)4-6(8)5(2)9/h6H,3-4H2,1-2H3. The second-order valence-electron chi connectivity index (χ2n) is 2.09. The molecule has 0 heterocycles. The van der Waals surface area contributed by atoms with Gasteiger partial charge in [-0.3, -0.25) is 9.59 Å². The van der Waals surface area contributed by atoms with Gasteiger partial charge in [-0.1, -0.05) is 15.9 Å². The van der Waals surface area contributed by atoms with Crippen molar-refractivity contribution in [1.82, 2.24) is 0 Å². The van der Waals surface area contributed by atoms with Crippen molar-refractivity contribution >= 4 is 27.7 Å². The van der Waals surface area contributed by atoms with E-state index in [1.807, 2.05) is 0 Å². The molecule has 0 N–H and O–H groups in total. The van der Waals surface area contributed by atoms with Gasteiger partial charge in [0.1, 0.15) is 5.78 Å². The van der Waals surface area contributed by atoms with Gasteiger partial charge in [0, 0.05) is 0 Å². The van der Waals surface area contributed by atoms with E-state index in [1.54, 1.807) is 6.92 Å². The van der Waals surface area contributed by atoms with E-state index in [1.165, 1.54) is 6.92 Å². The second kappa shape index (κ2) is 5.29. The number of carbonyl (C=O) groups is 2. The molecule has 64 valence electrons. The first-order valence-corrected chi connectivity index (χ1v) is 4.29. The fourth-order valence-corrected chi connectivity index (χ4v) is 0.774. The van der Waals surface area contributed by atoms with Crippen molar-refractivity contribution < 1.29 is 14.3 Å². The molecular weight excluding hydrogens is 212 g/mol. The lowest BCUT2D eigenvalue weighted by atomic mass is 10.2. The summed E-state index contributed by atoms with van der Waals surface area (Å²) in [6.45, 7) is 3.52. The van der Waals surface area contributed by atoms with Crippen LogP contribution in [0.5, 0.6) is 0 Å². The van der Waals surface area contributed by atoms with Crippen molar-refractivity contribution in [3.05, 3.63) is 0 Å². The molecule has 0 saturated carbocycles. The largest absolute Gasteiger partial charge is 0.466 e. The zero-order valence-electron chi connectivity index (χ0n) is 6.59. The van der Waals surface area contributed by atoms with Crippen molar-refractivity contribution in [2.45, 2.75) is 25.1 Å². The van der Waals surface area contributed by atoms with Crippen LogP contribution in [0.2, 0.25) is 0 Å². The Kier molecular flexibility index (Phi) is 5.11. The van der Waals surface area contributed by atoms with Crippen molar-refractivity contribution in [2.24, 2.45) is 0 Å². The highest BCUT2D eigenvalue weighted by molar-refractivity contribution is 9.10. The molecular formula is C7H11BrO3. The summed E-state index contributed by atoms with van der Waals surface area (Å²) in [5, 5.41) is 0. The summed E-state index contributed by atoms with van der Waals surface area (Å²) in [5.74, 6) is -0.400. The fourth-order valence-electron chi connectivity index (χ4n) is 0.510. The number of ketones is 1. The summed E-state index contributed by atoms with van der Waals surface area (Å²) in [5.41, 5.74) is 0. The van der Waals surface area contributed by atoms with E-state index < -0.39 is 4.83 Å². The van der Waals surface area contributed by atoms with Crippen LogP contribution in [0.15, 0.2) is 0 Å². The number of alkyl halides is 1. The van der Waals surface area contributed by atoms with Gasteiger partial charge < -0.3 is 4.74 Å². The van der Waals surface area contributed by atoms with Gasteiger partial charge in [0.2, 0.25) is 0 Å². The van der Waals surface area contributed by atoms with E-state index >= 15 is 0 Å². The van der Waals surface area contributed by atoms with Gasteiger partial charge in [-0.25, -0.2) is 0 Å². The normalized spacial score (nSPS) is 12.3. The second-order valence-corrected chi connectivity index (χ2v) is 3.19. The van der Waals surface area contributed by atoms with Crippen LogP contribution in [0.1, 0.15) is 20.3 Å². The molecule has 3 nitrogen and oxygen atoms in total. The summed E-state index contributed by atoms with van der Waals surface area (Å²) in [6, 6.07) is 0. The topological polar surface area (TPSA) is 43.4 Å². The minimum Gasteiger partial charge on any atom is -0.466 e. The summed E-state index contributed by atoms with van der Waals surface area (Å²) in [4.78, 5) is 21.0. The van der Waals surface area contributed by atoms with Crippen molar-refractivity contribution in [2.75, 3.05) is 6.61 Å². The summed E-state index contributed by atoms with van der Waals surface area (Å²) in [6.07, 6.45) is 0.114. The predicted molar refractivity (Wildman–Crippen MR) is 44.6 cm³/mol. The molecule has 1 atom stereocenters. The van der Waals surface area contributed by atoms with Gasteiger partial charge in [0.25, 0.3) is 0 Å². The highest BCUT2D eigenvalue weighted by Gasteiger charge is 2.14. The Bertz CT molecular complexity index is 156. The molecule has 0 saturated heterocycles. The molecule has 0 aliphatic carbocycles. The number of esters is 1. The molecule has 0 rings (SSSR count). The lowest BCUT2D eigenvalue weighted by Crippen LogP contribution is -2.16. The average Bonchev–Trinajstić information content (AvgIpc) is 1.87. The molecule has 0 amide bonds. The van der Waals surface area contributed by atoms with E-state index in [-0.39, 0.29) is 18.2 Å². The Morgan fingerprint density at radius 1 is 1.55 bits per heavy atom. The van der Waals surface area contributed by atoms with Crippen molar-refractivity contribution in [3.63, 3.8) is 0 Å². The minimum absolute atomic E-state index is 0.0574. The number of carbonyl (C=O) groups excluding carboxylic acids is 2. The first-order chi connectivity index (χ1) is 5.07. The molecule has 0 bridgehead atoms. The Morgan fingerprint density at radius 3 is 2.45 bits per heavy atom. The summed E-state index contributed by atoms with van der Waals surface area (Å²) in [7, 11) is 0. The van der Waals surface area contributed by atoms with Crippen LogP contribution in [-0.4, -0.2) is 23.2 Å². The van der Waals surface area contributed by atoms with Crippen molar-refractivity contribution in [3.8, 4) is 0 Å². The number of hydrogen-bond acceptors (Lipinski definition) is 3. The van der Waals surface area contributed by atoms with Crippen LogP contribution in [0.3, 0.4) is 0 Å². The minimum atomic E-state index is -0.401. The van der Waals surface area contributed by atoms with E-state index in [4.69, 9.17) is 0 Å². The quantitative estimate of drug-likeness (QED) is 0.532. The Labute approximate surface area is 74.2 Å². The maximum Gasteiger partial charge on any atom is 0.307 e. The Morgan fingerprint density at radius 2 is 2.09 bits per heavy atom. The SMILES string of the molecule is CCOC(=O)CC(Br)C(C)=O. The monoisotopic (exact) mass is 222 g/mol. The van der Waals surface area contributed by atoms with Gasteiger partial charge in [-0.05, 0) is 13.8 Å². The molecule has 0 fully saturated rings. The van der Waals surface area contributed by atoms with Crippen LogP contribution in [-0.2, 0) is 14.3 Å². The van der Waals surface area contributed by atoms with Crippen LogP contribution >= 0.6 is 15.9 Å². The van der Waals surface area contributed by atoms with E-state index in [9.17, 15) is 9.59 Å². The fraction of sp³-hybridized carbons (Fsp3) is 0.714. The van der Waals surface area contributed by atoms with Crippen LogP contribution in [0.25, 0.3) is 0 Å². The number of hydrogen-bond donors (Lipinski definition) is 0. The van der Waals surface area contributed by atoms with Gasteiger partial charge in [-0.15, -0.1) is 0 Å². The number of Topliss-reactive ketones (excluding diaryl/α,β-unsaturated/α-hetero) is 1. The molecule has 0 aromatic rings. The van der Waals surface area contributed by atoms with Gasteiger partial charge in [-0.2, -0.15) is 0 Å². The lowest BCUT2D eigenvalue weighted by molar-refractivity contribution is -0.143. The Balaban J connectivity index is 3.66. The first-order valence-electron chi connectivity index (χ1n) is 3.38. The highest BCUT2D eigenvalue weighted by atomic mass is 79.9. The molecule has 4 heteroatoms. The zero-order chi connectivity index (χ0) is 8.85. The van der Waals surface area contributed by atoms with Gasteiger partial charge in [0.15, 0.2) is 0 Å². The number of halogens is 1. The van der Waals surface area contributed by atoms with Crippen LogP contribution in [0, 0.1) is 0 Å². The third-order valence-corrected chi connectivity index (χ3v) is 2.06. The smallest absolute Gasteiger partial charge is 0.307 e. The average molecular weight is 223 g/mol. The van der Waals surface area contributed by atoms with Gasteiger partial charge in [0.05, 0.1) is 17.9 Å². The number of ether oxygens (including phenoxy) is 1. The van der Waals surface area contributed by atoms with E-state index in [2.05, 4.69) is 20.7 Å². The van der Waals surface area contributed by atoms with E-state index in [0.29, 0.717) is 6.61 Å². The molecule has 0 aromatic carbocycles. The molecule has 0 radical (unpaired) electrons. The molecule has 0 aliphatic rings. The summed E-state index contributed by atoms with van der Waals surface area (Å²) >= 11 is 3.06. The van der Waals surface area contributed by atoms with E-state index in [0.717, 1.165) is 0 Å². The number of rotatable bonds is 4. The third kappa shape index (κ3) is 4.95. The molecule has 0 aromatic heterocycles. The van der Waals surface area contributed by atoms with Crippen molar-refractivity contribution in [1.29, 1.82) is 0 Å². The maximum atomic E-state index is 10.8. The molecule has 1 unspecified atom stereocenters. The molecule has 11 heavy (non-hydrogen) atoms. The molecule has 0 spiro atoms. The van der Waals surface area contributed by atoms with Crippen LogP contribution in [0.4, 0.5) is 0 Å². The third-order valence-electron chi connectivity index (χ3n) is 1.09. The first kappa shape index (κ1) is 10.6. The van der Waals surface area contributed by atoms with Crippen LogP contribution < -0.4 is 0 Å². The summed E-state index contributed by atoms with van der Waals surface area (Å²) < 4.78 is 4.64. The lowest BCUT2D eigenvalue weighted by Gasteiger charge is -2.04.